The van der Waals surface area contributed by atoms with Crippen molar-refractivity contribution in [3.8, 4) is 0 Å². The summed E-state index contributed by atoms with van der Waals surface area (Å²) in [4.78, 5) is 15.4. The van der Waals surface area contributed by atoms with Crippen molar-refractivity contribution in [3.63, 3.8) is 0 Å². The van der Waals surface area contributed by atoms with Gasteiger partial charge in [0.25, 0.3) is 0 Å². The number of nitrogens with zero attached hydrogens (tertiary/aromatic N) is 1. The van der Waals surface area contributed by atoms with Crippen LogP contribution in [0.5, 0.6) is 0 Å². The first-order chi connectivity index (χ1) is 9.25. The maximum Gasteiger partial charge on any atom is 0.182 e. The van der Waals surface area contributed by atoms with E-state index < -0.39 is 0 Å². The Balaban J connectivity index is 1.85. The Labute approximate surface area is 116 Å². The van der Waals surface area contributed by atoms with E-state index in [2.05, 4.69) is 12.6 Å². The van der Waals surface area contributed by atoms with Crippen LogP contribution >= 0.6 is 11.8 Å². The second-order valence-corrected chi connectivity index (χ2v) is 5.45. The molecule has 1 heterocycles. The summed E-state index contributed by atoms with van der Waals surface area (Å²) in [6.07, 6.45) is 0. The van der Waals surface area contributed by atoms with E-state index in [9.17, 15) is 4.79 Å². The standard InChI is InChI=1S/C16H13NOS/c1-12-17(14-9-5-6-10-16(14)19-12)11-15(18)13-7-3-2-4-8-13/h2-10H,1,11H2. The molecule has 0 N–H and O–H groups in total. The number of carbonyl (C=O) groups is 1. The number of ketones is 1. The predicted molar refractivity (Wildman–Crippen MR) is 79.6 cm³/mol. The molecule has 0 radical (unpaired) electrons. The van der Waals surface area contributed by atoms with Crippen LogP contribution in [0.3, 0.4) is 0 Å². The van der Waals surface area contributed by atoms with Gasteiger partial charge in [0, 0.05) is 10.5 Å². The van der Waals surface area contributed by atoms with Crippen molar-refractivity contribution in [3.05, 3.63) is 71.8 Å². The van der Waals surface area contributed by atoms with Crippen LogP contribution in [0.1, 0.15) is 10.4 Å². The zero-order valence-electron chi connectivity index (χ0n) is 10.4. The van der Waals surface area contributed by atoms with E-state index in [1.807, 2.05) is 53.4 Å². The first-order valence-corrected chi connectivity index (χ1v) is 6.89. The highest BCUT2D eigenvalue weighted by Gasteiger charge is 2.25. The van der Waals surface area contributed by atoms with E-state index in [1.54, 1.807) is 11.8 Å². The normalized spacial score (nSPS) is 13.5. The molecule has 1 aliphatic heterocycles. The number of carbonyl (C=O) groups excluding carboxylic acids is 1. The van der Waals surface area contributed by atoms with Gasteiger partial charge in [-0.15, -0.1) is 0 Å². The van der Waals surface area contributed by atoms with E-state index >= 15 is 0 Å². The molecule has 0 spiro atoms. The zero-order valence-corrected chi connectivity index (χ0v) is 11.2. The van der Waals surface area contributed by atoms with Gasteiger partial charge in [0.1, 0.15) is 0 Å². The predicted octanol–water partition coefficient (Wildman–Crippen LogP) is 3.95. The van der Waals surface area contributed by atoms with Crippen LogP contribution in [0.25, 0.3) is 0 Å². The first kappa shape index (κ1) is 12.1. The van der Waals surface area contributed by atoms with Crippen LogP contribution in [-0.4, -0.2) is 12.3 Å². The molecule has 0 amide bonds. The van der Waals surface area contributed by atoms with E-state index in [1.165, 1.54) is 0 Å². The van der Waals surface area contributed by atoms with Crippen molar-refractivity contribution in [2.75, 3.05) is 11.4 Å². The summed E-state index contributed by atoms with van der Waals surface area (Å²) in [5.74, 6) is 0.110. The first-order valence-electron chi connectivity index (χ1n) is 6.07. The second-order valence-electron chi connectivity index (χ2n) is 4.34. The zero-order chi connectivity index (χ0) is 13.2. The number of rotatable bonds is 3. The average molecular weight is 267 g/mol. The number of Topliss-reactive ketones (excluding diaryl/α,β-unsaturated/α-hetero) is 1. The lowest BCUT2D eigenvalue weighted by atomic mass is 10.1. The van der Waals surface area contributed by atoms with Gasteiger partial charge in [-0.25, -0.2) is 0 Å². The average Bonchev–Trinajstić information content (AvgIpc) is 2.76. The molecule has 0 bridgehead atoms. The minimum absolute atomic E-state index is 0.110. The SMILES string of the molecule is C=C1Sc2ccccc2N1CC(=O)c1ccccc1. The third-order valence-electron chi connectivity index (χ3n) is 3.08. The highest BCUT2D eigenvalue weighted by molar-refractivity contribution is 8.03. The van der Waals surface area contributed by atoms with Crippen molar-refractivity contribution in [2.45, 2.75) is 4.90 Å². The van der Waals surface area contributed by atoms with E-state index in [-0.39, 0.29) is 5.78 Å². The summed E-state index contributed by atoms with van der Waals surface area (Å²) in [6, 6.07) is 17.4. The fourth-order valence-electron chi connectivity index (χ4n) is 2.12. The number of hydrogen-bond acceptors (Lipinski definition) is 3. The minimum Gasteiger partial charge on any atom is -0.328 e. The lowest BCUT2D eigenvalue weighted by Crippen LogP contribution is -2.25. The fraction of sp³-hybridized carbons (Fsp3) is 0.0625. The largest absolute Gasteiger partial charge is 0.328 e. The summed E-state index contributed by atoms with van der Waals surface area (Å²) in [5, 5.41) is 0.908. The maximum atomic E-state index is 12.3. The number of para-hydroxylation sites is 1. The van der Waals surface area contributed by atoms with E-state index in [0.717, 1.165) is 21.2 Å². The maximum absolute atomic E-state index is 12.3. The smallest absolute Gasteiger partial charge is 0.182 e. The highest BCUT2D eigenvalue weighted by Crippen LogP contribution is 2.44. The molecular weight excluding hydrogens is 254 g/mol. The fourth-order valence-corrected chi connectivity index (χ4v) is 3.07. The summed E-state index contributed by atoms with van der Waals surface area (Å²) >= 11 is 1.62. The molecule has 1 aliphatic rings. The number of fused-ring (bicyclic) bond motifs is 1. The van der Waals surface area contributed by atoms with Gasteiger partial charge in [0.2, 0.25) is 0 Å². The molecular formula is C16H13NOS. The van der Waals surface area contributed by atoms with Crippen molar-refractivity contribution in [1.29, 1.82) is 0 Å². The molecule has 2 aromatic rings. The summed E-state index contributed by atoms with van der Waals surface area (Å²) in [6.45, 7) is 4.37. The monoisotopic (exact) mass is 267 g/mol. The van der Waals surface area contributed by atoms with Crippen LogP contribution in [0.4, 0.5) is 5.69 Å². The molecule has 0 saturated carbocycles. The molecule has 94 valence electrons. The lowest BCUT2D eigenvalue weighted by molar-refractivity contribution is 0.100. The molecule has 3 heteroatoms. The molecule has 0 aromatic heterocycles. The van der Waals surface area contributed by atoms with Gasteiger partial charge >= 0.3 is 0 Å². The summed E-state index contributed by atoms with van der Waals surface area (Å²) in [7, 11) is 0. The Hall–Kier alpha value is -2.00. The molecule has 19 heavy (non-hydrogen) atoms. The van der Waals surface area contributed by atoms with Crippen LogP contribution in [0.15, 0.2) is 71.1 Å². The number of benzene rings is 2. The van der Waals surface area contributed by atoms with Crippen LogP contribution in [0, 0.1) is 0 Å². The topological polar surface area (TPSA) is 20.3 Å². The minimum atomic E-state index is 0.110. The molecule has 0 atom stereocenters. The van der Waals surface area contributed by atoms with Gasteiger partial charge < -0.3 is 4.90 Å². The number of anilines is 1. The molecule has 3 rings (SSSR count). The molecule has 0 unspecified atom stereocenters. The molecule has 0 fully saturated rings. The summed E-state index contributed by atoms with van der Waals surface area (Å²) in [5.41, 5.74) is 1.81. The summed E-state index contributed by atoms with van der Waals surface area (Å²) < 4.78 is 0. The third-order valence-corrected chi connectivity index (χ3v) is 4.10. The Morgan fingerprint density at radius 2 is 1.74 bits per heavy atom. The van der Waals surface area contributed by atoms with Crippen LogP contribution in [0.2, 0.25) is 0 Å². The van der Waals surface area contributed by atoms with Gasteiger partial charge in [-0.1, -0.05) is 60.8 Å². The van der Waals surface area contributed by atoms with Crippen LogP contribution in [-0.2, 0) is 0 Å². The van der Waals surface area contributed by atoms with Crippen LogP contribution < -0.4 is 4.90 Å². The van der Waals surface area contributed by atoms with E-state index in [4.69, 9.17) is 0 Å². The van der Waals surface area contributed by atoms with Gasteiger partial charge in [-0.2, -0.15) is 0 Å². The van der Waals surface area contributed by atoms with Gasteiger partial charge in [0.15, 0.2) is 5.78 Å². The van der Waals surface area contributed by atoms with Crippen molar-refractivity contribution >= 4 is 23.2 Å². The second kappa shape index (κ2) is 4.94. The molecule has 0 aliphatic carbocycles. The van der Waals surface area contributed by atoms with Crippen molar-refractivity contribution < 1.29 is 4.79 Å². The quantitative estimate of drug-likeness (QED) is 0.785. The Kier molecular flexibility index (Phi) is 3.13. The molecule has 2 aromatic carbocycles. The van der Waals surface area contributed by atoms with Gasteiger partial charge in [-0.3, -0.25) is 4.79 Å². The van der Waals surface area contributed by atoms with Gasteiger partial charge in [0.05, 0.1) is 17.3 Å². The Bertz CT molecular complexity index is 636. The Morgan fingerprint density at radius 1 is 1.05 bits per heavy atom. The highest BCUT2D eigenvalue weighted by atomic mass is 32.2. The van der Waals surface area contributed by atoms with Crippen molar-refractivity contribution in [1.82, 2.24) is 0 Å². The van der Waals surface area contributed by atoms with E-state index in [0.29, 0.717) is 6.54 Å². The lowest BCUT2D eigenvalue weighted by Gasteiger charge is -2.18. The number of hydrogen-bond donors (Lipinski definition) is 0. The van der Waals surface area contributed by atoms with Crippen molar-refractivity contribution in [2.24, 2.45) is 0 Å². The number of thioether (sulfide) groups is 1. The Morgan fingerprint density at radius 3 is 2.53 bits per heavy atom. The van der Waals surface area contributed by atoms with Gasteiger partial charge in [-0.05, 0) is 12.1 Å². The molecule has 2 nitrogen and oxygen atoms in total. The third kappa shape index (κ3) is 2.29. The molecule has 0 saturated heterocycles.